The molecule has 0 fully saturated rings. The number of unbranched alkanes of at least 4 members (excludes halogenated alkanes) is 16. The third-order valence-electron chi connectivity index (χ3n) is 6.27. The lowest BCUT2D eigenvalue weighted by Gasteiger charge is -2.03. The van der Waals surface area contributed by atoms with Gasteiger partial charge in [0.15, 0.2) is 0 Å². The molecule has 2 aromatic rings. The van der Waals surface area contributed by atoms with Crippen LogP contribution in [0.5, 0.6) is 0 Å². The first kappa shape index (κ1) is 24.7. The summed E-state index contributed by atoms with van der Waals surface area (Å²) in [5.41, 5.74) is 1.23. The molecule has 0 saturated heterocycles. The van der Waals surface area contributed by atoms with E-state index < -0.39 is 0 Å². The first-order valence-electron chi connectivity index (χ1n) is 13.0. The maximum absolute atomic E-state index is 2.32. The number of hydrogen-bond acceptors (Lipinski definition) is 0. The van der Waals surface area contributed by atoms with E-state index in [0.717, 1.165) is 6.54 Å². The summed E-state index contributed by atoms with van der Waals surface area (Å²) in [5, 5.41) is 0. The Kier molecular flexibility index (Phi) is 14.1. The molecule has 0 N–H and O–H groups in total. The number of aryl methyl sites for hydroxylation is 1. The summed E-state index contributed by atoms with van der Waals surface area (Å²) in [6.07, 6.45) is 30.9. The normalized spacial score (nSPS) is 11.2. The second-order valence-electron chi connectivity index (χ2n) is 9.05. The van der Waals surface area contributed by atoms with Gasteiger partial charge >= 0.3 is 0 Å². The summed E-state index contributed by atoms with van der Waals surface area (Å²) in [6, 6.07) is 10.6. The SMILES string of the molecule is CCCCCCCCCCCCCCCCCCC[n+]1ccn(-c2ccccc2)c1. The molecule has 0 unspecified atom stereocenters. The molecule has 168 valence electrons. The highest BCUT2D eigenvalue weighted by Crippen LogP contribution is 2.14. The lowest BCUT2D eigenvalue weighted by Crippen LogP contribution is -2.30. The van der Waals surface area contributed by atoms with Crippen LogP contribution in [0.3, 0.4) is 0 Å². The van der Waals surface area contributed by atoms with Gasteiger partial charge < -0.3 is 0 Å². The third-order valence-corrected chi connectivity index (χ3v) is 6.27. The zero-order valence-electron chi connectivity index (χ0n) is 19.7. The van der Waals surface area contributed by atoms with E-state index in [9.17, 15) is 0 Å². The fourth-order valence-corrected chi connectivity index (χ4v) is 4.30. The van der Waals surface area contributed by atoms with Gasteiger partial charge in [0, 0.05) is 0 Å². The van der Waals surface area contributed by atoms with Crippen LogP contribution in [0.25, 0.3) is 5.69 Å². The van der Waals surface area contributed by atoms with Crippen LogP contribution in [0, 0.1) is 0 Å². The minimum atomic E-state index is 1.14. The van der Waals surface area contributed by atoms with Crippen molar-refractivity contribution >= 4 is 0 Å². The number of hydrogen-bond donors (Lipinski definition) is 0. The Hall–Kier alpha value is -1.57. The second kappa shape index (κ2) is 17.1. The Bertz CT molecular complexity index is 617. The third kappa shape index (κ3) is 11.6. The van der Waals surface area contributed by atoms with Gasteiger partial charge in [0.25, 0.3) is 0 Å². The van der Waals surface area contributed by atoms with Crippen molar-refractivity contribution < 1.29 is 4.57 Å². The van der Waals surface area contributed by atoms with Crippen molar-refractivity contribution in [2.75, 3.05) is 0 Å². The van der Waals surface area contributed by atoms with Crippen LogP contribution in [-0.2, 0) is 6.54 Å². The zero-order valence-corrected chi connectivity index (χ0v) is 19.7. The van der Waals surface area contributed by atoms with Crippen LogP contribution in [-0.4, -0.2) is 4.57 Å². The van der Waals surface area contributed by atoms with Crippen molar-refractivity contribution in [3.63, 3.8) is 0 Å². The first-order valence-corrected chi connectivity index (χ1v) is 13.0. The summed E-state index contributed by atoms with van der Waals surface area (Å²) in [5.74, 6) is 0. The number of benzene rings is 1. The minimum absolute atomic E-state index is 1.14. The largest absolute Gasteiger partial charge is 0.248 e. The molecule has 1 aromatic carbocycles. The number of nitrogens with zero attached hydrogens (tertiary/aromatic N) is 2. The molecule has 0 saturated carbocycles. The van der Waals surface area contributed by atoms with E-state index in [4.69, 9.17) is 0 Å². The lowest BCUT2D eigenvalue weighted by molar-refractivity contribution is -0.696. The molecule has 1 aromatic heterocycles. The molecule has 0 amide bonds. The molecule has 2 heteroatoms. The standard InChI is InChI=1S/C28H47N2/c1-2-3-4-5-6-7-8-9-10-11-12-13-14-15-16-17-21-24-29-25-26-30(27-29)28-22-19-18-20-23-28/h18-20,22-23,25-27H,2-17,21,24H2,1H3/q+1. The highest BCUT2D eigenvalue weighted by molar-refractivity contribution is 5.30. The number of aromatic nitrogens is 2. The van der Waals surface area contributed by atoms with Crippen LogP contribution >= 0.6 is 0 Å². The van der Waals surface area contributed by atoms with Crippen LogP contribution in [0.1, 0.15) is 116 Å². The molecule has 0 radical (unpaired) electrons. The molecule has 0 bridgehead atoms. The maximum Gasteiger partial charge on any atom is 0.248 e. The van der Waals surface area contributed by atoms with E-state index in [1.807, 2.05) is 0 Å². The van der Waals surface area contributed by atoms with Gasteiger partial charge in [-0.1, -0.05) is 121 Å². The van der Waals surface area contributed by atoms with E-state index in [0.29, 0.717) is 0 Å². The molecule has 30 heavy (non-hydrogen) atoms. The molecule has 0 aliphatic carbocycles. The van der Waals surface area contributed by atoms with Crippen LogP contribution in [0.15, 0.2) is 49.1 Å². The summed E-state index contributed by atoms with van der Waals surface area (Å²) in [7, 11) is 0. The molecular formula is C28H47N2+. The van der Waals surface area contributed by atoms with Gasteiger partial charge in [-0.15, -0.1) is 0 Å². The van der Waals surface area contributed by atoms with Gasteiger partial charge in [0.05, 0.1) is 6.54 Å². The van der Waals surface area contributed by atoms with E-state index in [2.05, 4.69) is 65.1 Å². The second-order valence-corrected chi connectivity index (χ2v) is 9.05. The van der Waals surface area contributed by atoms with Crippen molar-refractivity contribution in [3.05, 3.63) is 49.1 Å². The number of imidazole rings is 1. The minimum Gasteiger partial charge on any atom is -0.236 e. The quantitative estimate of drug-likeness (QED) is 0.162. The van der Waals surface area contributed by atoms with Gasteiger partial charge in [-0.2, -0.15) is 0 Å². The van der Waals surface area contributed by atoms with Crippen LogP contribution in [0.4, 0.5) is 0 Å². The molecule has 0 aliphatic heterocycles. The molecule has 2 rings (SSSR count). The van der Waals surface area contributed by atoms with Crippen molar-refractivity contribution in [1.29, 1.82) is 0 Å². The Morgan fingerprint density at radius 1 is 0.600 bits per heavy atom. The van der Waals surface area contributed by atoms with Gasteiger partial charge in [-0.25, -0.2) is 9.13 Å². The molecule has 2 nitrogen and oxygen atoms in total. The van der Waals surface area contributed by atoms with Gasteiger partial charge in [0.2, 0.25) is 6.33 Å². The van der Waals surface area contributed by atoms with E-state index in [1.54, 1.807) is 0 Å². The Balaban J connectivity index is 1.33. The number of rotatable bonds is 19. The smallest absolute Gasteiger partial charge is 0.236 e. The van der Waals surface area contributed by atoms with E-state index in [1.165, 1.54) is 115 Å². The summed E-state index contributed by atoms with van der Waals surface area (Å²) < 4.78 is 4.52. The van der Waals surface area contributed by atoms with Gasteiger partial charge in [0.1, 0.15) is 18.1 Å². The fraction of sp³-hybridized carbons (Fsp3) is 0.679. The Morgan fingerprint density at radius 3 is 1.57 bits per heavy atom. The summed E-state index contributed by atoms with van der Waals surface area (Å²) in [6.45, 7) is 3.43. The topological polar surface area (TPSA) is 8.81 Å². The fourth-order valence-electron chi connectivity index (χ4n) is 4.30. The van der Waals surface area contributed by atoms with Crippen molar-refractivity contribution in [1.82, 2.24) is 4.57 Å². The van der Waals surface area contributed by atoms with Gasteiger partial charge in [-0.05, 0) is 25.0 Å². The average Bonchev–Trinajstić information content (AvgIpc) is 3.25. The Labute approximate surface area is 186 Å². The molecule has 0 spiro atoms. The van der Waals surface area contributed by atoms with Crippen LogP contribution < -0.4 is 4.57 Å². The zero-order chi connectivity index (χ0) is 21.1. The van der Waals surface area contributed by atoms with Crippen molar-refractivity contribution in [3.8, 4) is 5.69 Å². The predicted molar refractivity (Wildman–Crippen MR) is 130 cm³/mol. The maximum atomic E-state index is 2.32. The van der Waals surface area contributed by atoms with Gasteiger partial charge in [-0.3, -0.25) is 0 Å². The number of para-hydroxylation sites is 1. The summed E-state index contributed by atoms with van der Waals surface area (Å²) >= 11 is 0. The van der Waals surface area contributed by atoms with Crippen molar-refractivity contribution in [2.24, 2.45) is 0 Å². The van der Waals surface area contributed by atoms with E-state index in [-0.39, 0.29) is 0 Å². The highest BCUT2D eigenvalue weighted by Gasteiger charge is 2.05. The molecule has 1 heterocycles. The molecule has 0 aliphatic rings. The highest BCUT2D eigenvalue weighted by atomic mass is 15.1. The monoisotopic (exact) mass is 411 g/mol. The summed E-state index contributed by atoms with van der Waals surface area (Å²) in [4.78, 5) is 0. The first-order chi connectivity index (χ1) is 14.9. The lowest BCUT2D eigenvalue weighted by atomic mass is 10.0. The van der Waals surface area contributed by atoms with Crippen LogP contribution in [0.2, 0.25) is 0 Å². The average molecular weight is 412 g/mol. The Morgan fingerprint density at radius 2 is 1.07 bits per heavy atom. The van der Waals surface area contributed by atoms with E-state index >= 15 is 0 Å². The molecule has 0 atom stereocenters. The van der Waals surface area contributed by atoms with Crippen molar-refractivity contribution in [2.45, 2.75) is 123 Å². The predicted octanol–water partition coefficient (Wildman–Crippen LogP) is 8.42. The molecular weight excluding hydrogens is 364 g/mol.